The van der Waals surface area contributed by atoms with E-state index in [-0.39, 0.29) is 0 Å². The summed E-state index contributed by atoms with van der Waals surface area (Å²) in [5.74, 6) is 3.57. The average molecular weight is 982 g/mol. The summed E-state index contributed by atoms with van der Waals surface area (Å²) in [6, 6.07) is 104. The van der Waals surface area contributed by atoms with Gasteiger partial charge in [0.2, 0.25) is 0 Å². The van der Waals surface area contributed by atoms with Crippen molar-refractivity contribution < 1.29 is 9.47 Å². The molecule has 360 valence electrons. The van der Waals surface area contributed by atoms with E-state index < -0.39 is 10.8 Å². The Morgan fingerprint density at radius 3 is 1.14 bits per heavy atom. The topological polar surface area (TPSA) is 21.7 Å². The number of hydrogen-bond donors (Lipinski definition) is 0. The summed E-state index contributed by atoms with van der Waals surface area (Å²) in [4.78, 5) is 2.46. The van der Waals surface area contributed by atoms with Gasteiger partial charge in [-0.2, -0.15) is 0 Å². The van der Waals surface area contributed by atoms with Gasteiger partial charge in [0.25, 0.3) is 0 Å². The van der Waals surface area contributed by atoms with Gasteiger partial charge < -0.3 is 14.4 Å². The Morgan fingerprint density at radius 1 is 0.221 bits per heavy atom. The molecule has 2 spiro atoms. The quantitative estimate of drug-likeness (QED) is 0.166. The van der Waals surface area contributed by atoms with E-state index in [2.05, 4.69) is 290 Å². The van der Waals surface area contributed by atoms with Crippen molar-refractivity contribution in [1.82, 2.24) is 0 Å². The van der Waals surface area contributed by atoms with Crippen LogP contribution in [0.1, 0.15) is 44.5 Å². The van der Waals surface area contributed by atoms with Crippen LogP contribution in [0.15, 0.2) is 285 Å². The standard InChI is InChI=1S/C74H47NO2/c1-2-20-49(21-3-1)53-22-6-14-32-67(53)75(52-42-38-48(39-43-52)50-40-44-57-55-24-4-8-26-59(55)74(66(57)47-50)64-30-12-18-36-71(64)77-72-37-19-13-31-65(72)74)68-33-15-7-23-54(68)51-41-45-61-58(46-51)56-25-5-9-27-60(56)73(61)62-28-10-16-34-69(62)76-70-35-17-11-29-63(70)73/h1-47H. The molecule has 16 rings (SSSR count). The van der Waals surface area contributed by atoms with Gasteiger partial charge >= 0.3 is 0 Å². The van der Waals surface area contributed by atoms with E-state index >= 15 is 0 Å². The molecule has 0 atom stereocenters. The summed E-state index contributed by atoms with van der Waals surface area (Å²) in [6.07, 6.45) is 0. The number of fused-ring (bicyclic) bond motifs is 18. The van der Waals surface area contributed by atoms with Gasteiger partial charge in [0, 0.05) is 39.1 Å². The van der Waals surface area contributed by atoms with Crippen molar-refractivity contribution >= 4 is 17.1 Å². The molecule has 0 saturated carbocycles. The smallest absolute Gasteiger partial charge is 0.132 e. The molecule has 0 radical (unpaired) electrons. The first-order valence-electron chi connectivity index (χ1n) is 26.6. The molecule has 4 aliphatic rings. The van der Waals surface area contributed by atoms with Crippen molar-refractivity contribution in [2.24, 2.45) is 0 Å². The Morgan fingerprint density at radius 2 is 0.597 bits per heavy atom. The summed E-state index contributed by atoms with van der Waals surface area (Å²) in [5, 5.41) is 0. The SMILES string of the molecule is c1ccc(-c2ccccc2N(c2ccc(-c3ccc4c(c3)C3(c5ccccc5Oc5ccccc53)c3ccccc3-4)cc2)c2ccccc2-c2ccc3c(c2)-c2ccccc2C32c3ccccc3Oc3ccccc32)cc1. The molecular formula is C74H47NO2. The Kier molecular flexibility index (Phi) is 9.47. The van der Waals surface area contributed by atoms with Gasteiger partial charge in [-0.05, 0) is 127 Å². The minimum atomic E-state index is -0.547. The summed E-state index contributed by atoms with van der Waals surface area (Å²) in [6.45, 7) is 0. The first kappa shape index (κ1) is 43.4. The first-order chi connectivity index (χ1) is 38.2. The highest BCUT2D eigenvalue weighted by atomic mass is 16.5. The number of anilines is 3. The fraction of sp³-hybridized carbons (Fsp3) is 0.0270. The lowest BCUT2D eigenvalue weighted by Crippen LogP contribution is -2.32. The maximum absolute atomic E-state index is 6.66. The van der Waals surface area contributed by atoms with Crippen molar-refractivity contribution in [3.63, 3.8) is 0 Å². The number of rotatable bonds is 6. The predicted octanol–water partition coefficient (Wildman–Crippen LogP) is 19.1. The van der Waals surface area contributed by atoms with Crippen molar-refractivity contribution in [3.8, 4) is 78.6 Å². The van der Waals surface area contributed by atoms with Crippen LogP contribution in [0.5, 0.6) is 23.0 Å². The molecule has 0 aromatic heterocycles. The summed E-state index contributed by atoms with van der Waals surface area (Å²) in [5.41, 5.74) is 23.7. The summed E-state index contributed by atoms with van der Waals surface area (Å²) in [7, 11) is 0. The molecule has 2 aliphatic heterocycles. The molecule has 12 aromatic rings. The van der Waals surface area contributed by atoms with Crippen molar-refractivity contribution in [1.29, 1.82) is 0 Å². The highest BCUT2D eigenvalue weighted by molar-refractivity contribution is 5.97. The van der Waals surface area contributed by atoms with E-state index in [4.69, 9.17) is 9.47 Å². The van der Waals surface area contributed by atoms with E-state index in [1.54, 1.807) is 0 Å². The largest absolute Gasteiger partial charge is 0.457 e. The van der Waals surface area contributed by atoms with Crippen LogP contribution in [0.4, 0.5) is 17.1 Å². The zero-order valence-corrected chi connectivity index (χ0v) is 41.9. The second-order valence-electron chi connectivity index (χ2n) is 20.6. The number of benzene rings is 12. The lowest BCUT2D eigenvalue weighted by molar-refractivity contribution is 0.436. The van der Waals surface area contributed by atoms with Crippen LogP contribution in [-0.4, -0.2) is 0 Å². The van der Waals surface area contributed by atoms with Crippen LogP contribution < -0.4 is 14.4 Å². The minimum absolute atomic E-state index is 0.541. The van der Waals surface area contributed by atoms with Crippen LogP contribution in [0.25, 0.3) is 55.6 Å². The molecule has 0 amide bonds. The number of hydrogen-bond acceptors (Lipinski definition) is 3. The third-order valence-electron chi connectivity index (χ3n) is 16.8. The normalized spacial score (nSPS) is 13.9. The van der Waals surface area contributed by atoms with Crippen molar-refractivity contribution in [2.45, 2.75) is 10.8 Å². The van der Waals surface area contributed by atoms with Gasteiger partial charge in [-0.1, -0.05) is 224 Å². The fourth-order valence-electron chi connectivity index (χ4n) is 13.7. The maximum Gasteiger partial charge on any atom is 0.132 e. The number of ether oxygens (including phenoxy) is 2. The zero-order chi connectivity index (χ0) is 50.7. The van der Waals surface area contributed by atoms with Gasteiger partial charge in [-0.3, -0.25) is 0 Å². The number of nitrogens with zero attached hydrogens (tertiary/aromatic N) is 1. The Balaban J connectivity index is 0.860. The van der Waals surface area contributed by atoms with Crippen LogP contribution >= 0.6 is 0 Å². The lowest BCUT2D eigenvalue weighted by atomic mass is 9.66. The monoisotopic (exact) mass is 981 g/mol. The molecule has 0 fully saturated rings. The van der Waals surface area contributed by atoms with Crippen LogP contribution in [0.3, 0.4) is 0 Å². The molecule has 0 saturated heterocycles. The van der Waals surface area contributed by atoms with Gasteiger partial charge in [-0.15, -0.1) is 0 Å². The van der Waals surface area contributed by atoms with E-state index in [1.165, 1.54) is 44.5 Å². The molecule has 3 nitrogen and oxygen atoms in total. The molecule has 2 heterocycles. The zero-order valence-electron chi connectivity index (χ0n) is 41.9. The van der Waals surface area contributed by atoms with E-state index in [9.17, 15) is 0 Å². The van der Waals surface area contributed by atoms with Crippen LogP contribution in [0, 0.1) is 0 Å². The fourth-order valence-corrected chi connectivity index (χ4v) is 13.7. The molecule has 0 unspecified atom stereocenters. The second kappa shape index (κ2) is 16.8. The molecule has 0 bridgehead atoms. The molecule has 12 aromatic carbocycles. The third-order valence-corrected chi connectivity index (χ3v) is 16.8. The Bertz CT molecular complexity index is 4270. The highest BCUT2D eigenvalue weighted by Gasteiger charge is 2.52. The lowest BCUT2D eigenvalue weighted by Gasteiger charge is -2.39. The van der Waals surface area contributed by atoms with E-state index in [0.717, 1.165) is 95.7 Å². The molecule has 2 aliphatic carbocycles. The predicted molar refractivity (Wildman–Crippen MR) is 312 cm³/mol. The Hall–Kier alpha value is -9.96. The molecule has 3 heteroatoms. The van der Waals surface area contributed by atoms with Gasteiger partial charge in [0.1, 0.15) is 23.0 Å². The summed E-state index contributed by atoms with van der Waals surface area (Å²) >= 11 is 0. The third kappa shape index (κ3) is 6.14. The Labute approximate surface area is 448 Å². The van der Waals surface area contributed by atoms with Gasteiger partial charge in [0.15, 0.2) is 0 Å². The first-order valence-corrected chi connectivity index (χ1v) is 26.6. The van der Waals surface area contributed by atoms with Crippen LogP contribution in [-0.2, 0) is 10.8 Å². The van der Waals surface area contributed by atoms with Gasteiger partial charge in [-0.25, -0.2) is 0 Å². The average Bonchev–Trinajstić information content (AvgIpc) is 4.21. The summed E-state index contributed by atoms with van der Waals surface area (Å²) < 4.78 is 13.3. The van der Waals surface area contributed by atoms with E-state index in [1.807, 2.05) is 0 Å². The second-order valence-corrected chi connectivity index (χ2v) is 20.6. The minimum Gasteiger partial charge on any atom is -0.457 e. The highest BCUT2D eigenvalue weighted by Crippen LogP contribution is 2.64. The van der Waals surface area contributed by atoms with Crippen molar-refractivity contribution in [2.75, 3.05) is 4.90 Å². The number of para-hydroxylation sites is 6. The molecule has 77 heavy (non-hydrogen) atoms. The van der Waals surface area contributed by atoms with Gasteiger partial charge in [0.05, 0.1) is 22.2 Å². The van der Waals surface area contributed by atoms with Crippen LogP contribution in [0.2, 0.25) is 0 Å². The maximum atomic E-state index is 6.66. The van der Waals surface area contributed by atoms with E-state index in [0.29, 0.717) is 0 Å². The molecule has 0 N–H and O–H groups in total. The van der Waals surface area contributed by atoms with Crippen molar-refractivity contribution in [3.05, 3.63) is 330 Å². The molecular weight excluding hydrogens is 935 g/mol.